The van der Waals surface area contributed by atoms with Gasteiger partial charge in [-0.3, -0.25) is 4.79 Å². The fraction of sp³-hybridized carbons (Fsp3) is 0.875. The van der Waals surface area contributed by atoms with Crippen LogP contribution in [0.2, 0.25) is 0 Å². The molecule has 0 amide bonds. The maximum absolute atomic E-state index is 10.5. The third kappa shape index (κ3) is 3.56. The van der Waals surface area contributed by atoms with E-state index in [-0.39, 0.29) is 42.0 Å². The summed E-state index contributed by atoms with van der Waals surface area (Å²) in [5.74, 6) is -0.852. The summed E-state index contributed by atoms with van der Waals surface area (Å²) in [4.78, 5) is 10.5. The second-order valence-corrected chi connectivity index (χ2v) is 3.66. The molecule has 1 aliphatic rings. The Kier molecular flexibility index (Phi) is 5.47. The Labute approximate surface area is 100 Å². The van der Waals surface area contributed by atoms with Crippen molar-refractivity contribution in [1.82, 2.24) is 0 Å². The summed E-state index contributed by atoms with van der Waals surface area (Å²) >= 11 is 0. The topological polar surface area (TPSA) is 89.3 Å². The molecule has 1 fully saturated rings. The Morgan fingerprint density at radius 1 is 1.54 bits per heavy atom. The SMILES string of the molecule is NC1CCCCC1(N)CC(=O)O.[NaH]. The van der Waals surface area contributed by atoms with E-state index in [1.807, 2.05) is 0 Å². The summed E-state index contributed by atoms with van der Waals surface area (Å²) in [7, 11) is 0. The van der Waals surface area contributed by atoms with Crippen LogP contribution in [0.25, 0.3) is 0 Å². The second-order valence-electron chi connectivity index (χ2n) is 3.66. The quantitative estimate of drug-likeness (QED) is 0.515. The first-order valence-corrected chi connectivity index (χ1v) is 4.31. The van der Waals surface area contributed by atoms with Crippen molar-refractivity contribution in [2.24, 2.45) is 11.5 Å². The molecule has 0 aromatic carbocycles. The number of hydrogen-bond donors (Lipinski definition) is 3. The number of nitrogens with two attached hydrogens (primary N) is 2. The Balaban J connectivity index is 0.00000144. The number of carbonyl (C=O) groups is 1. The van der Waals surface area contributed by atoms with E-state index in [4.69, 9.17) is 16.6 Å². The number of rotatable bonds is 2. The van der Waals surface area contributed by atoms with Gasteiger partial charge in [-0.2, -0.15) is 0 Å². The summed E-state index contributed by atoms with van der Waals surface area (Å²) < 4.78 is 0. The predicted octanol–water partition coefficient (Wildman–Crippen LogP) is -0.589. The van der Waals surface area contributed by atoms with Crippen molar-refractivity contribution >= 4 is 35.5 Å². The molecule has 0 aromatic heterocycles. The van der Waals surface area contributed by atoms with Crippen LogP contribution in [-0.2, 0) is 4.79 Å². The van der Waals surface area contributed by atoms with Crippen molar-refractivity contribution in [3.05, 3.63) is 0 Å². The van der Waals surface area contributed by atoms with Crippen LogP contribution in [0.5, 0.6) is 0 Å². The molecule has 0 radical (unpaired) electrons. The van der Waals surface area contributed by atoms with Crippen LogP contribution in [0.1, 0.15) is 32.1 Å². The summed E-state index contributed by atoms with van der Waals surface area (Å²) in [6, 6.07) is -0.151. The first-order chi connectivity index (χ1) is 5.54. The molecular weight excluding hydrogens is 179 g/mol. The van der Waals surface area contributed by atoms with Gasteiger partial charge in [-0.15, -0.1) is 0 Å². The predicted molar refractivity (Wildman–Crippen MR) is 52.8 cm³/mol. The van der Waals surface area contributed by atoms with Crippen molar-refractivity contribution in [2.45, 2.75) is 43.7 Å². The molecule has 1 rings (SSSR count). The van der Waals surface area contributed by atoms with E-state index >= 15 is 0 Å². The molecule has 0 spiro atoms. The van der Waals surface area contributed by atoms with Gasteiger partial charge in [0.05, 0.1) is 6.42 Å². The Morgan fingerprint density at radius 2 is 2.15 bits per heavy atom. The number of carboxylic acid groups (broad SMARTS) is 1. The zero-order chi connectivity index (χ0) is 9.19. The molecule has 0 aliphatic heterocycles. The molecule has 4 nitrogen and oxygen atoms in total. The second kappa shape index (κ2) is 5.32. The van der Waals surface area contributed by atoms with E-state index in [0.29, 0.717) is 0 Å². The van der Waals surface area contributed by atoms with Gasteiger partial charge in [0.1, 0.15) is 0 Å². The molecule has 5 N–H and O–H groups in total. The third-order valence-electron chi connectivity index (χ3n) is 2.63. The van der Waals surface area contributed by atoms with Crippen molar-refractivity contribution in [3.8, 4) is 0 Å². The van der Waals surface area contributed by atoms with Gasteiger partial charge in [0, 0.05) is 11.6 Å². The van der Waals surface area contributed by atoms with Crippen LogP contribution in [0, 0.1) is 0 Å². The molecule has 0 aromatic rings. The fourth-order valence-corrected chi connectivity index (χ4v) is 1.79. The summed E-state index contributed by atoms with van der Waals surface area (Å²) in [6.07, 6.45) is 3.65. The standard InChI is InChI=1S/C8H16N2O2.Na.H/c9-6-3-1-2-4-8(6,10)5-7(11)12;;/h6H,1-5,9-10H2,(H,11,12);;. The zero-order valence-corrected chi connectivity index (χ0v) is 7.12. The van der Waals surface area contributed by atoms with Gasteiger partial charge in [0.15, 0.2) is 0 Å². The molecule has 0 bridgehead atoms. The molecule has 0 heterocycles. The van der Waals surface area contributed by atoms with Crippen LogP contribution >= 0.6 is 0 Å². The van der Waals surface area contributed by atoms with E-state index in [1.54, 1.807) is 0 Å². The van der Waals surface area contributed by atoms with Crippen LogP contribution in [0.3, 0.4) is 0 Å². The van der Waals surface area contributed by atoms with Crippen LogP contribution < -0.4 is 11.5 Å². The molecule has 5 heteroatoms. The minimum atomic E-state index is -0.852. The monoisotopic (exact) mass is 196 g/mol. The molecule has 72 valence electrons. The van der Waals surface area contributed by atoms with Gasteiger partial charge >= 0.3 is 35.5 Å². The summed E-state index contributed by atoms with van der Waals surface area (Å²) in [6.45, 7) is 0. The molecule has 2 atom stereocenters. The number of aliphatic carboxylic acids is 1. The van der Waals surface area contributed by atoms with Crippen LogP contribution in [-0.4, -0.2) is 52.2 Å². The first kappa shape index (κ1) is 13.4. The van der Waals surface area contributed by atoms with E-state index in [2.05, 4.69) is 0 Å². The van der Waals surface area contributed by atoms with E-state index in [1.165, 1.54) is 0 Å². The number of carboxylic acids is 1. The van der Waals surface area contributed by atoms with Crippen LogP contribution in [0.4, 0.5) is 0 Å². The van der Waals surface area contributed by atoms with Crippen molar-refractivity contribution < 1.29 is 9.90 Å². The molecule has 1 saturated carbocycles. The average molecular weight is 196 g/mol. The first-order valence-electron chi connectivity index (χ1n) is 4.31. The van der Waals surface area contributed by atoms with Gasteiger partial charge in [-0.25, -0.2) is 0 Å². The molecule has 1 aliphatic carbocycles. The molecule has 0 saturated heterocycles. The Bertz CT molecular complexity index is 189. The molecule has 2 unspecified atom stereocenters. The van der Waals surface area contributed by atoms with Gasteiger partial charge in [-0.1, -0.05) is 12.8 Å². The zero-order valence-electron chi connectivity index (χ0n) is 7.12. The maximum atomic E-state index is 10.5. The fourth-order valence-electron chi connectivity index (χ4n) is 1.79. The Hall–Kier alpha value is 0.390. The van der Waals surface area contributed by atoms with Gasteiger partial charge in [0.2, 0.25) is 0 Å². The minimum absolute atomic E-state index is 0. The molecule has 13 heavy (non-hydrogen) atoms. The van der Waals surface area contributed by atoms with E-state index in [9.17, 15) is 4.79 Å². The van der Waals surface area contributed by atoms with Crippen molar-refractivity contribution in [2.75, 3.05) is 0 Å². The summed E-state index contributed by atoms with van der Waals surface area (Å²) in [5, 5.41) is 8.61. The van der Waals surface area contributed by atoms with E-state index < -0.39 is 11.5 Å². The Morgan fingerprint density at radius 3 is 2.62 bits per heavy atom. The number of hydrogen-bond acceptors (Lipinski definition) is 3. The van der Waals surface area contributed by atoms with Crippen molar-refractivity contribution in [3.63, 3.8) is 0 Å². The normalized spacial score (nSPS) is 33.5. The van der Waals surface area contributed by atoms with Gasteiger partial charge in [-0.05, 0) is 12.8 Å². The third-order valence-corrected chi connectivity index (χ3v) is 2.63. The van der Waals surface area contributed by atoms with Gasteiger partial charge < -0.3 is 16.6 Å². The average Bonchev–Trinajstić information content (AvgIpc) is 1.94. The molecular formula is C8H17N2NaO2. The van der Waals surface area contributed by atoms with Gasteiger partial charge in [0.25, 0.3) is 0 Å². The summed E-state index contributed by atoms with van der Waals surface area (Å²) in [5.41, 5.74) is 11.0. The van der Waals surface area contributed by atoms with Crippen molar-refractivity contribution in [1.29, 1.82) is 0 Å². The van der Waals surface area contributed by atoms with Crippen LogP contribution in [0.15, 0.2) is 0 Å². The van der Waals surface area contributed by atoms with E-state index in [0.717, 1.165) is 25.7 Å².